The van der Waals surface area contributed by atoms with Gasteiger partial charge in [-0.15, -0.1) is 0 Å². The molecule has 0 rings (SSSR count). The molecular weight excluding hydrogens is 304 g/mol. The average Bonchev–Trinajstić information content (AvgIpc) is 2.50. The summed E-state index contributed by atoms with van der Waals surface area (Å²) in [6, 6.07) is 0.785. The number of hydrogen-bond donors (Lipinski definition) is 0. The summed E-state index contributed by atoms with van der Waals surface area (Å²) in [7, 11) is -2.51. The molecule has 0 saturated heterocycles. The Balaban J connectivity index is 3.70. The molecule has 0 heterocycles. The van der Waals surface area contributed by atoms with E-state index in [0.29, 0.717) is 52.9 Å². The van der Waals surface area contributed by atoms with Gasteiger partial charge in [0.25, 0.3) is 0 Å². The predicted octanol–water partition coefficient (Wildman–Crippen LogP) is 2.49. The first-order valence-electron chi connectivity index (χ1n) is 8.39. The van der Waals surface area contributed by atoms with Gasteiger partial charge in [-0.05, 0) is 34.1 Å². The lowest BCUT2D eigenvalue weighted by Gasteiger charge is -2.28. The minimum Gasteiger partial charge on any atom is -0.379 e. The van der Waals surface area contributed by atoms with Gasteiger partial charge in [-0.25, -0.2) is 0 Å². The van der Waals surface area contributed by atoms with Crippen molar-refractivity contribution in [2.24, 2.45) is 0 Å². The largest absolute Gasteiger partial charge is 0.501 e. The van der Waals surface area contributed by atoms with Gasteiger partial charge in [0.05, 0.1) is 26.4 Å². The normalized spacial score (nSPS) is 12.0. The van der Waals surface area contributed by atoms with Crippen LogP contribution in [0.4, 0.5) is 0 Å². The molecule has 22 heavy (non-hydrogen) atoms. The second-order valence-electron chi connectivity index (χ2n) is 4.51. The number of rotatable bonds is 17. The van der Waals surface area contributed by atoms with E-state index >= 15 is 0 Å². The molecule has 134 valence electrons. The predicted molar refractivity (Wildman–Crippen MR) is 88.2 cm³/mol. The Labute approximate surface area is 136 Å². The highest BCUT2D eigenvalue weighted by Crippen LogP contribution is 2.18. The van der Waals surface area contributed by atoms with Crippen molar-refractivity contribution < 1.29 is 27.5 Å². The molecule has 0 bridgehead atoms. The SMILES string of the molecule is CCOCCOCCOCCC[Si](OCC)(OCC)OCC. The van der Waals surface area contributed by atoms with Crippen molar-refractivity contribution in [3.8, 4) is 0 Å². The zero-order chi connectivity index (χ0) is 16.5. The van der Waals surface area contributed by atoms with Crippen LogP contribution < -0.4 is 0 Å². The molecule has 0 spiro atoms. The first kappa shape index (κ1) is 22.0. The second-order valence-corrected chi connectivity index (χ2v) is 7.24. The molecule has 0 aromatic rings. The molecule has 0 amide bonds. The van der Waals surface area contributed by atoms with E-state index in [1.54, 1.807) is 0 Å². The minimum atomic E-state index is -2.51. The van der Waals surface area contributed by atoms with Crippen molar-refractivity contribution in [1.29, 1.82) is 0 Å². The highest BCUT2D eigenvalue weighted by atomic mass is 28.4. The van der Waals surface area contributed by atoms with Gasteiger partial charge in [0.1, 0.15) is 0 Å². The lowest BCUT2D eigenvalue weighted by molar-refractivity contribution is 0.0155. The van der Waals surface area contributed by atoms with Gasteiger partial charge in [0, 0.05) is 39.1 Å². The Hall–Kier alpha value is -0.0231. The summed E-state index contributed by atoms with van der Waals surface area (Å²) in [6.07, 6.45) is 0.866. The molecule has 0 N–H and O–H groups in total. The van der Waals surface area contributed by atoms with Gasteiger partial charge in [-0.3, -0.25) is 0 Å². The van der Waals surface area contributed by atoms with Crippen molar-refractivity contribution in [1.82, 2.24) is 0 Å². The molecule has 0 aliphatic carbocycles. The molecule has 0 radical (unpaired) electrons. The minimum absolute atomic E-state index is 0.595. The molecule has 0 unspecified atom stereocenters. The van der Waals surface area contributed by atoms with Gasteiger partial charge in [-0.1, -0.05) is 0 Å². The lowest BCUT2D eigenvalue weighted by Crippen LogP contribution is -2.46. The van der Waals surface area contributed by atoms with Gasteiger partial charge in [-0.2, -0.15) is 0 Å². The Morgan fingerprint density at radius 3 is 1.45 bits per heavy atom. The fourth-order valence-corrected chi connectivity index (χ4v) is 4.56. The summed E-state index contributed by atoms with van der Waals surface area (Å²) in [5.41, 5.74) is 0. The van der Waals surface area contributed by atoms with E-state index in [2.05, 4.69) is 0 Å². The molecule has 6 nitrogen and oxygen atoms in total. The third-order valence-electron chi connectivity index (χ3n) is 2.81. The summed E-state index contributed by atoms with van der Waals surface area (Å²) in [6.45, 7) is 13.6. The Morgan fingerprint density at radius 1 is 0.545 bits per heavy atom. The maximum absolute atomic E-state index is 5.79. The monoisotopic (exact) mass is 338 g/mol. The van der Waals surface area contributed by atoms with E-state index in [1.807, 2.05) is 27.7 Å². The summed E-state index contributed by atoms with van der Waals surface area (Å²) in [5.74, 6) is 0. The van der Waals surface area contributed by atoms with Crippen LogP contribution in [0.25, 0.3) is 0 Å². The van der Waals surface area contributed by atoms with Crippen molar-refractivity contribution >= 4 is 8.80 Å². The molecule has 0 saturated carbocycles. The van der Waals surface area contributed by atoms with Crippen molar-refractivity contribution in [3.05, 3.63) is 0 Å². The van der Waals surface area contributed by atoms with Crippen LogP contribution in [0, 0.1) is 0 Å². The summed E-state index contributed by atoms with van der Waals surface area (Å²) in [4.78, 5) is 0. The maximum atomic E-state index is 5.79. The first-order chi connectivity index (χ1) is 10.7. The van der Waals surface area contributed by atoms with E-state index in [0.717, 1.165) is 19.1 Å². The van der Waals surface area contributed by atoms with Gasteiger partial charge >= 0.3 is 8.80 Å². The summed E-state index contributed by atoms with van der Waals surface area (Å²) in [5, 5.41) is 0. The van der Waals surface area contributed by atoms with Crippen LogP contribution in [-0.4, -0.2) is 68.3 Å². The highest BCUT2D eigenvalue weighted by molar-refractivity contribution is 6.60. The fourth-order valence-electron chi connectivity index (χ4n) is 1.98. The van der Waals surface area contributed by atoms with Crippen LogP contribution in [0.3, 0.4) is 0 Å². The molecule has 0 fully saturated rings. The quantitative estimate of drug-likeness (QED) is 0.300. The topological polar surface area (TPSA) is 55.4 Å². The van der Waals surface area contributed by atoms with Crippen molar-refractivity contribution in [2.75, 3.05) is 59.5 Å². The van der Waals surface area contributed by atoms with E-state index in [9.17, 15) is 0 Å². The number of ether oxygens (including phenoxy) is 3. The Kier molecular flexibility index (Phi) is 15.8. The fraction of sp³-hybridized carbons (Fsp3) is 1.00. The van der Waals surface area contributed by atoms with Gasteiger partial charge in [0.2, 0.25) is 0 Å². The molecule has 0 aromatic carbocycles. The Morgan fingerprint density at radius 2 is 1.00 bits per heavy atom. The van der Waals surface area contributed by atoms with Crippen LogP contribution in [0.15, 0.2) is 0 Å². The molecule has 0 atom stereocenters. The van der Waals surface area contributed by atoms with E-state index in [4.69, 9.17) is 27.5 Å². The molecule has 0 aliphatic rings. The summed E-state index contributed by atoms with van der Waals surface area (Å²) < 4.78 is 33.5. The van der Waals surface area contributed by atoms with Gasteiger partial charge < -0.3 is 27.5 Å². The van der Waals surface area contributed by atoms with Crippen LogP contribution in [0.1, 0.15) is 34.1 Å². The zero-order valence-electron chi connectivity index (χ0n) is 14.7. The third-order valence-corrected chi connectivity index (χ3v) is 5.96. The van der Waals surface area contributed by atoms with Crippen LogP contribution in [0.2, 0.25) is 6.04 Å². The standard InChI is InChI=1S/C15H34O6Si/c1-5-16-11-12-18-14-13-17-10-9-15-22(19-6-2,20-7-3)21-8-4/h5-15H2,1-4H3. The van der Waals surface area contributed by atoms with Crippen molar-refractivity contribution in [3.63, 3.8) is 0 Å². The van der Waals surface area contributed by atoms with E-state index in [1.165, 1.54) is 0 Å². The smallest absolute Gasteiger partial charge is 0.379 e. The van der Waals surface area contributed by atoms with Crippen LogP contribution in [0.5, 0.6) is 0 Å². The molecule has 7 heteroatoms. The number of hydrogen-bond acceptors (Lipinski definition) is 6. The molecule has 0 aliphatic heterocycles. The van der Waals surface area contributed by atoms with Gasteiger partial charge in [0.15, 0.2) is 0 Å². The summed E-state index contributed by atoms with van der Waals surface area (Å²) >= 11 is 0. The molecular formula is C15H34O6Si. The van der Waals surface area contributed by atoms with E-state index < -0.39 is 8.80 Å². The first-order valence-corrected chi connectivity index (χ1v) is 10.3. The van der Waals surface area contributed by atoms with E-state index in [-0.39, 0.29) is 0 Å². The lowest BCUT2D eigenvalue weighted by atomic mass is 10.5. The van der Waals surface area contributed by atoms with Crippen LogP contribution in [-0.2, 0) is 27.5 Å². The molecule has 0 aromatic heterocycles. The maximum Gasteiger partial charge on any atom is 0.501 e. The highest BCUT2D eigenvalue weighted by Gasteiger charge is 2.39. The average molecular weight is 339 g/mol. The Bertz CT molecular complexity index is 213. The van der Waals surface area contributed by atoms with Crippen molar-refractivity contribution in [2.45, 2.75) is 40.2 Å². The zero-order valence-corrected chi connectivity index (χ0v) is 15.7. The third kappa shape index (κ3) is 11.5. The second kappa shape index (κ2) is 15.9. The van der Waals surface area contributed by atoms with Crippen LogP contribution >= 0.6 is 0 Å².